The Bertz CT molecular complexity index is 552. The van der Waals surface area contributed by atoms with Crippen LogP contribution in [0.5, 0.6) is 0 Å². The molecule has 0 heterocycles. The molecule has 0 atom stereocenters. The molecule has 0 saturated carbocycles. The summed E-state index contributed by atoms with van der Waals surface area (Å²) >= 11 is 0. The number of nitrogens with zero attached hydrogens (tertiary/aromatic N) is 1. The summed E-state index contributed by atoms with van der Waals surface area (Å²) in [5.41, 5.74) is 9.67. The average molecular weight is 244 g/mol. The highest BCUT2D eigenvalue weighted by atomic mass is 19.1. The SMILES string of the molecule is Cc1ccc(F)cc1CN(C)c1ccccc1N. The molecule has 2 rings (SSSR count). The Morgan fingerprint density at radius 2 is 1.89 bits per heavy atom. The molecule has 0 aliphatic heterocycles. The lowest BCUT2D eigenvalue weighted by molar-refractivity contribution is 0.624. The molecule has 18 heavy (non-hydrogen) atoms. The minimum atomic E-state index is -0.204. The van der Waals surface area contributed by atoms with Crippen molar-refractivity contribution in [3.05, 3.63) is 59.4 Å². The number of para-hydroxylation sites is 2. The first-order valence-electron chi connectivity index (χ1n) is 5.88. The summed E-state index contributed by atoms with van der Waals surface area (Å²) < 4.78 is 13.2. The molecule has 0 unspecified atom stereocenters. The number of halogens is 1. The second-order valence-corrected chi connectivity index (χ2v) is 4.49. The summed E-state index contributed by atoms with van der Waals surface area (Å²) in [7, 11) is 1.95. The van der Waals surface area contributed by atoms with Gasteiger partial charge in [-0.25, -0.2) is 4.39 Å². The third kappa shape index (κ3) is 2.62. The normalized spacial score (nSPS) is 10.4. The van der Waals surface area contributed by atoms with Crippen LogP contribution in [0.1, 0.15) is 11.1 Å². The molecule has 2 nitrogen and oxygen atoms in total. The first kappa shape index (κ1) is 12.4. The van der Waals surface area contributed by atoms with Crippen molar-refractivity contribution in [1.82, 2.24) is 0 Å². The Morgan fingerprint density at radius 3 is 2.61 bits per heavy atom. The number of nitrogens with two attached hydrogens (primary N) is 1. The summed E-state index contributed by atoms with van der Waals surface area (Å²) in [5, 5.41) is 0. The van der Waals surface area contributed by atoms with Crippen molar-refractivity contribution in [3.63, 3.8) is 0 Å². The van der Waals surface area contributed by atoms with Crippen molar-refractivity contribution < 1.29 is 4.39 Å². The molecule has 0 radical (unpaired) electrons. The third-order valence-electron chi connectivity index (χ3n) is 3.07. The molecular weight excluding hydrogens is 227 g/mol. The quantitative estimate of drug-likeness (QED) is 0.839. The molecule has 0 saturated heterocycles. The Labute approximate surface area is 107 Å². The van der Waals surface area contributed by atoms with Gasteiger partial charge >= 0.3 is 0 Å². The van der Waals surface area contributed by atoms with E-state index in [1.807, 2.05) is 43.1 Å². The Balaban J connectivity index is 2.24. The number of anilines is 2. The summed E-state index contributed by atoms with van der Waals surface area (Å²) in [6.07, 6.45) is 0. The topological polar surface area (TPSA) is 29.3 Å². The summed E-state index contributed by atoms with van der Waals surface area (Å²) in [5.74, 6) is -0.204. The number of hydrogen-bond acceptors (Lipinski definition) is 2. The van der Waals surface area contributed by atoms with Crippen molar-refractivity contribution in [2.45, 2.75) is 13.5 Å². The summed E-state index contributed by atoms with van der Waals surface area (Å²) in [6.45, 7) is 2.62. The van der Waals surface area contributed by atoms with Crippen LogP contribution < -0.4 is 10.6 Å². The maximum atomic E-state index is 13.2. The lowest BCUT2D eigenvalue weighted by Gasteiger charge is -2.22. The molecule has 2 N–H and O–H groups in total. The van der Waals surface area contributed by atoms with Gasteiger partial charge in [0.05, 0.1) is 11.4 Å². The van der Waals surface area contributed by atoms with E-state index >= 15 is 0 Å². The first-order chi connectivity index (χ1) is 8.58. The van der Waals surface area contributed by atoms with Crippen LogP contribution in [0, 0.1) is 12.7 Å². The zero-order chi connectivity index (χ0) is 13.1. The fraction of sp³-hybridized carbons (Fsp3) is 0.200. The molecule has 3 heteroatoms. The number of benzene rings is 2. The zero-order valence-corrected chi connectivity index (χ0v) is 10.7. The van der Waals surface area contributed by atoms with E-state index in [1.54, 1.807) is 12.1 Å². The monoisotopic (exact) mass is 244 g/mol. The van der Waals surface area contributed by atoms with Crippen LogP contribution in [0.4, 0.5) is 15.8 Å². The summed E-state index contributed by atoms with van der Waals surface area (Å²) in [4.78, 5) is 2.02. The Kier molecular flexibility index (Phi) is 3.51. The van der Waals surface area contributed by atoms with Crippen molar-refractivity contribution >= 4 is 11.4 Å². The largest absolute Gasteiger partial charge is 0.397 e. The van der Waals surface area contributed by atoms with Gasteiger partial charge in [0.15, 0.2) is 0 Å². The molecule has 0 spiro atoms. The maximum absolute atomic E-state index is 13.2. The molecule has 0 aliphatic rings. The van der Waals surface area contributed by atoms with Crippen molar-refractivity contribution in [3.8, 4) is 0 Å². The molecule has 94 valence electrons. The van der Waals surface area contributed by atoms with Gasteiger partial charge in [-0.2, -0.15) is 0 Å². The lowest BCUT2D eigenvalue weighted by Crippen LogP contribution is -2.18. The fourth-order valence-electron chi connectivity index (χ4n) is 1.99. The van der Waals surface area contributed by atoms with Gasteiger partial charge in [-0.3, -0.25) is 0 Å². The van der Waals surface area contributed by atoms with Crippen LogP contribution in [-0.4, -0.2) is 7.05 Å². The number of rotatable bonds is 3. The lowest BCUT2D eigenvalue weighted by atomic mass is 10.1. The number of aryl methyl sites for hydroxylation is 1. The van der Waals surface area contributed by atoms with Gasteiger partial charge in [-0.05, 0) is 42.3 Å². The standard InChI is InChI=1S/C15H17FN2/c1-11-7-8-13(16)9-12(11)10-18(2)15-6-4-3-5-14(15)17/h3-9H,10,17H2,1-2H3. The maximum Gasteiger partial charge on any atom is 0.123 e. The predicted molar refractivity (Wildman–Crippen MR) is 74.1 cm³/mol. The average Bonchev–Trinajstić information content (AvgIpc) is 2.34. The second-order valence-electron chi connectivity index (χ2n) is 4.49. The van der Waals surface area contributed by atoms with Gasteiger partial charge < -0.3 is 10.6 Å². The minimum Gasteiger partial charge on any atom is -0.397 e. The van der Waals surface area contributed by atoms with E-state index in [1.165, 1.54) is 6.07 Å². The smallest absolute Gasteiger partial charge is 0.123 e. The molecule has 0 amide bonds. The van der Waals surface area contributed by atoms with Gasteiger partial charge in [0.2, 0.25) is 0 Å². The van der Waals surface area contributed by atoms with Crippen molar-refractivity contribution in [1.29, 1.82) is 0 Å². The van der Waals surface area contributed by atoms with E-state index in [0.717, 1.165) is 22.5 Å². The van der Waals surface area contributed by atoms with E-state index in [9.17, 15) is 4.39 Å². The molecular formula is C15H17FN2. The molecule has 2 aromatic rings. The molecule has 0 aromatic heterocycles. The van der Waals surface area contributed by atoms with Crippen LogP contribution in [0.15, 0.2) is 42.5 Å². The number of nitrogen functional groups attached to an aromatic ring is 1. The molecule has 0 bridgehead atoms. The minimum absolute atomic E-state index is 0.204. The van der Waals surface area contributed by atoms with Crippen LogP contribution in [0.3, 0.4) is 0 Å². The van der Waals surface area contributed by atoms with Gasteiger partial charge in [0.25, 0.3) is 0 Å². The van der Waals surface area contributed by atoms with Crippen molar-refractivity contribution in [2.24, 2.45) is 0 Å². The van der Waals surface area contributed by atoms with E-state index in [4.69, 9.17) is 5.73 Å². The first-order valence-corrected chi connectivity index (χ1v) is 5.88. The second kappa shape index (κ2) is 5.08. The number of hydrogen-bond donors (Lipinski definition) is 1. The summed E-state index contributed by atoms with van der Waals surface area (Å²) in [6, 6.07) is 12.5. The zero-order valence-electron chi connectivity index (χ0n) is 10.7. The van der Waals surface area contributed by atoms with Gasteiger partial charge in [-0.15, -0.1) is 0 Å². The van der Waals surface area contributed by atoms with Crippen LogP contribution >= 0.6 is 0 Å². The molecule has 2 aromatic carbocycles. The van der Waals surface area contributed by atoms with E-state index < -0.39 is 0 Å². The van der Waals surface area contributed by atoms with Gasteiger partial charge in [-0.1, -0.05) is 18.2 Å². The fourth-order valence-corrected chi connectivity index (χ4v) is 1.99. The highest BCUT2D eigenvalue weighted by Crippen LogP contribution is 2.23. The highest BCUT2D eigenvalue weighted by Gasteiger charge is 2.07. The molecule has 0 fully saturated rings. The Hall–Kier alpha value is -2.03. The van der Waals surface area contributed by atoms with E-state index in [2.05, 4.69) is 0 Å². The van der Waals surface area contributed by atoms with Gasteiger partial charge in [0.1, 0.15) is 5.82 Å². The van der Waals surface area contributed by atoms with Crippen LogP contribution in [-0.2, 0) is 6.54 Å². The van der Waals surface area contributed by atoms with Crippen LogP contribution in [0.2, 0.25) is 0 Å². The van der Waals surface area contributed by atoms with Crippen LogP contribution in [0.25, 0.3) is 0 Å². The van der Waals surface area contributed by atoms with E-state index in [0.29, 0.717) is 6.54 Å². The van der Waals surface area contributed by atoms with Gasteiger partial charge in [0, 0.05) is 13.6 Å². The molecule has 0 aliphatic carbocycles. The van der Waals surface area contributed by atoms with Crippen molar-refractivity contribution in [2.75, 3.05) is 17.7 Å². The third-order valence-corrected chi connectivity index (χ3v) is 3.07. The highest BCUT2D eigenvalue weighted by molar-refractivity contribution is 5.67. The van der Waals surface area contributed by atoms with E-state index in [-0.39, 0.29) is 5.82 Å². The Morgan fingerprint density at radius 1 is 1.17 bits per heavy atom. The predicted octanol–water partition coefficient (Wildman–Crippen LogP) is 3.35.